The minimum atomic E-state index is -4.62. The lowest BCUT2D eigenvalue weighted by atomic mass is 9.96. The van der Waals surface area contributed by atoms with Crippen LogP contribution in [0.4, 0.5) is 26.3 Å². The average molecular weight is 643 g/mol. The summed E-state index contributed by atoms with van der Waals surface area (Å²) in [5, 5.41) is 1.20. The topological polar surface area (TPSA) is 42.3 Å². The van der Waals surface area contributed by atoms with Crippen molar-refractivity contribution in [3.8, 4) is 27.9 Å². The van der Waals surface area contributed by atoms with E-state index in [4.69, 9.17) is 0 Å². The van der Waals surface area contributed by atoms with E-state index in [0.29, 0.717) is 44.1 Å². The minimum Gasteiger partial charge on any atom is -0.307 e. The first-order chi connectivity index (χ1) is 22.1. The van der Waals surface area contributed by atoms with E-state index in [1.807, 2.05) is 0 Å². The van der Waals surface area contributed by atoms with Crippen LogP contribution in [0.25, 0.3) is 49.7 Å². The number of imide groups is 1. The van der Waals surface area contributed by atoms with E-state index in [0.717, 1.165) is 29.2 Å². The molecule has 0 bridgehead atoms. The first kappa shape index (κ1) is 30.3. The molecule has 5 aromatic carbocycles. The van der Waals surface area contributed by atoms with Crippen molar-refractivity contribution in [3.05, 3.63) is 124 Å². The van der Waals surface area contributed by atoms with E-state index < -0.39 is 35.3 Å². The van der Waals surface area contributed by atoms with Gasteiger partial charge in [0, 0.05) is 28.9 Å². The van der Waals surface area contributed by atoms with Gasteiger partial charge in [0.25, 0.3) is 11.8 Å². The molecule has 6 aromatic rings. The molecule has 0 aliphatic carbocycles. The number of nitrogens with zero attached hydrogens (tertiary/aromatic N) is 2. The second kappa shape index (κ2) is 10.3. The van der Waals surface area contributed by atoms with Gasteiger partial charge in [-0.25, -0.2) is 0 Å². The van der Waals surface area contributed by atoms with Crippen molar-refractivity contribution in [2.75, 3.05) is 7.05 Å². The number of carbonyl (C=O) groups excluding carboxylic acids is 2. The second-order valence-corrected chi connectivity index (χ2v) is 11.8. The van der Waals surface area contributed by atoms with Crippen molar-refractivity contribution in [2.24, 2.45) is 0 Å². The Morgan fingerprint density at radius 3 is 1.47 bits per heavy atom. The fourth-order valence-electron chi connectivity index (χ4n) is 6.60. The van der Waals surface area contributed by atoms with Gasteiger partial charge in [-0.05, 0) is 72.5 Å². The summed E-state index contributed by atoms with van der Waals surface area (Å²) in [7, 11) is 1.36. The predicted molar refractivity (Wildman–Crippen MR) is 168 cm³/mol. The van der Waals surface area contributed by atoms with Gasteiger partial charge >= 0.3 is 12.4 Å². The van der Waals surface area contributed by atoms with Gasteiger partial charge in [-0.3, -0.25) is 14.5 Å². The van der Waals surface area contributed by atoms with Crippen LogP contribution >= 0.6 is 0 Å². The number of aromatic nitrogens is 1. The summed E-state index contributed by atoms with van der Waals surface area (Å²) >= 11 is 0. The molecular formula is C37H24F6N2O2. The zero-order valence-corrected chi connectivity index (χ0v) is 25.1. The van der Waals surface area contributed by atoms with Gasteiger partial charge in [-0.1, -0.05) is 54.6 Å². The van der Waals surface area contributed by atoms with Crippen LogP contribution in [-0.4, -0.2) is 28.3 Å². The predicted octanol–water partition coefficient (Wildman–Crippen LogP) is 10.00. The molecule has 0 spiro atoms. The molecule has 2 amide bonds. The summed E-state index contributed by atoms with van der Waals surface area (Å²) < 4.78 is 85.6. The first-order valence-electron chi connectivity index (χ1n) is 14.6. The number of para-hydroxylation sites is 2. The summed E-state index contributed by atoms with van der Waals surface area (Å²) in [6.07, 6.45) is -9.24. The summed E-state index contributed by atoms with van der Waals surface area (Å²) in [6.45, 7) is 3.12. The van der Waals surface area contributed by atoms with Crippen LogP contribution in [0.3, 0.4) is 0 Å². The molecule has 47 heavy (non-hydrogen) atoms. The van der Waals surface area contributed by atoms with Crippen LogP contribution in [0, 0.1) is 13.8 Å². The van der Waals surface area contributed by atoms with E-state index in [-0.39, 0.29) is 27.9 Å². The number of carbonyl (C=O) groups is 2. The number of hydrogen-bond acceptors (Lipinski definition) is 2. The van der Waals surface area contributed by atoms with E-state index in [1.54, 1.807) is 79.1 Å². The van der Waals surface area contributed by atoms with Crippen LogP contribution in [0.5, 0.6) is 0 Å². The van der Waals surface area contributed by atoms with Crippen LogP contribution in [0.2, 0.25) is 0 Å². The van der Waals surface area contributed by atoms with Crippen LogP contribution in [-0.2, 0) is 12.4 Å². The Morgan fingerprint density at radius 2 is 1.00 bits per heavy atom. The zero-order valence-electron chi connectivity index (χ0n) is 25.1. The van der Waals surface area contributed by atoms with Crippen LogP contribution in [0.1, 0.15) is 43.0 Å². The van der Waals surface area contributed by atoms with E-state index in [1.165, 1.54) is 13.1 Å². The highest BCUT2D eigenvalue weighted by Gasteiger charge is 2.37. The Morgan fingerprint density at radius 1 is 0.553 bits per heavy atom. The highest BCUT2D eigenvalue weighted by molar-refractivity contribution is 6.24. The Kier molecular flexibility index (Phi) is 6.65. The third-order valence-corrected chi connectivity index (χ3v) is 8.58. The highest BCUT2D eigenvalue weighted by atomic mass is 19.4. The molecule has 7 rings (SSSR count). The average Bonchev–Trinajstić information content (AvgIpc) is 3.47. The van der Waals surface area contributed by atoms with Crippen molar-refractivity contribution < 1.29 is 35.9 Å². The number of rotatable bonds is 3. The third-order valence-electron chi connectivity index (χ3n) is 8.58. The molecule has 2 heterocycles. The normalized spacial score (nSPS) is 13.7. The van der Waals surface area contributed by atoms with Crippen LogP contribution < -0.4 is 0 Å². The maximum absolute atomic E-state index is 14.0. The zero-order chi connectivity index (χ0) is 33.6. The third kappa shape index (κ3) is 4.78. The van der Waals surface area contributed by atoms with Gasteiger partial charge in [0.2, 0.25) is 0 Å². The molecule has 0 N–H and O–H groups in total. The molecule has 0 saturated carbocycles. The first-order valence-corrected chi connectivity index (χ1v) is 14.6. The number of amides is 2. The number of fused-ring (bicyclic) bond motifs is 4. The molecule has 4 nitrogen and oxygen atoms in total. The number of aryl methyl sites for hydroxylation is 2. The maximum Gasteiger partial charge on any atom is 0.416 e. The number of hydrogen-bond donors (Lipinski definition) is 0. The van der Waals surface area contributed by atoms with Crippen molar-refractivity contribution in [1.29, 1.82) is 0 Å². The smallest absolute Gasteiger partial charge is 0.307 e. The van der Waals surface area contributed by atoms with Crippen molar-refractivity contribution in [1.82, 2.24) is 9.47 Å². The molecule has 0 unspecified atom stereocenters. The minimum absolute atomic E-state index is 0.0869. The molecule has 1 aliphatic rings. The Labute approximate surface area is 264 Å². The number of benzene rings is 5. The van der Waals surface area contributed by atoms with E-state index >= 15 is 0 Å². The Balaban J connectivity index is 1.68. The lowest BCUT2D eigenvalue weighted by Crippen LogP contribution is -2.24. The van der Waals surface area contributed by atoms with Gasteiger partial charge in [0.15, 0.2) is 0 Å². The SMILES string of the molecule is Cc1cc(-c2cccc3c4cccc(-c5cc(C)cc(C(F)(F)F)c5)c4n(-c4cccc5c4C(=O)N(C)C5=O)c23)cc(C(F)(F)F)c1. The van der Waals surface area contributed by atoms with E-state index in [2.05, 4.69) is 0 Å². The molecule has 0 fully saturated rings. The largest absolute Gasteiger partial charge is 0.416 e. The number of alkyl halides is 6. The molecule has 0 radical (unpaired) electrons. The summed E-state index contributed by atoms with van der Waals surface area (Å²) in [6, 6.07) is 22.5. The molecule has 1 aromatic heterocycles. The molecular weight excluding hydrogens is 618 g/mol. The Hall–Kier alpha value is -5.38. The summed E-state index contributed by atoms with van der Waals surface area (Å²) in [5.74, 6) is -1.09. The Bertz CT molecular complexity index is 2190. The van der Waals surface area contributed by atoms with Gasteiger partial charge in [0.1, 0.15) is 0 Å². The standard InChI is InChI=1S/C37H24F6N2O2/c1-19-13-21(17-23(15-19)36(38,39)40)25-7-4-9-27-28-10-5-8-26(22-14-20(2)16-24(18-22)37(41,42)43)33(28)45(32(25)27)30-12-6-11-29-31(30)35(47)44(3)34(29)46/h4-18H,1-3H3. The fourth-order valence-corrected chi connectivity index (χ4v) is 6.60. The summed E-state index contributed by atoms with van der Waals surface area (Å²) in [4.78, 5) is 27.6. The number of halogens is 6. The molecule has 0 saturated heterocycles. The quantitative estimate of drug-likeness (QED) is 0.142. The molecule has 0 atom stereocenters. The lowest BCUT2D eigenvalue weighted by Gasteiger charge is -2.17. The van der Waals surface area contributed by atoms with Crippen molar-refractivity contribution >= 4 is 33.6 Å². The van der Waals surface area contributed by atoms with Gasteiger partial charge < -0.3 is 4.57 Å². The summed E-state index contributed by atoms with van der Waals surface area (Å²) in [5.41, 5.74) is 1.77. The second-order valence-electron chi connectivity index (χ2n) is 11.8. The maximum atomic E-state index is 14.0. The molecule has 236 valence electrons. The van der Waals surface area contributed by atoms with Crippen LogP contribution in [0.15, 0.2) is 91.0 Å². The molecule has 10 heteroatoms. The molecule has 1 aliphatic heterocycles. The van der Waals surface area contributed by atoms with Crippen molar-refractivity contribution in [3.63, 3.8) is 0 Å². The van der Waals surface area contributed by atoms with Crippen molar-refractivity contribution in [2.45, 2.75) is 26.2 Å². The van der Waals surface area contributed by atoms with E-state index in [9.17, 15) is 35.9 Å². The lowest BCUT2D eigenvalue weighted by molar-refractivity contribution is -0.138. The van der Waals surface area contributed by atoms with Gasteiger partial charge in [-0.2, -0.15) is 26.3 Å². The fraction of sp³-hybridized carbons (Fsp3) is 0.135. The van der Waals surface area contributed by atoms with Gasteiger partial charge in [0.05, 0.1) is 39.0 Å². The highest BCUT2D eigenvalue weighted by Crippen LogP contribution is 2.45. The monoisotopic (exact) mass is 642 g/mol. The van der Waals surface area contributed by atoms with Gasteiger partial charge in [-0.15, -0.1) is 0 Å².